The van der Waals surface area contributed by atoms with Crippen LogP contribution in [0.3, 0.4) is 0 Å². The number of aliphatic imine (C=N–C) groups is 1. The number of nitrogens with zero attached hydrogens (tertiary/aromatic N) is 2. The number of amidine groups is 1. The number of rotatable bonds is 4. The van der Waals surface area contributed by atoms with Gasteiger partial charge in [-0.3, -0.25) is 0 Å². The zero-order valence-corrected chi connectivity index (χ0v) is 20.0. The maximum atomic E-state index is 10.9. The quantitative estimate of drug-likeness (QED) is 0.550. The smallest absolute Gasteiger partial charge is 0.341 e. The zero-order valence-electron chi connectivity index (χ0n) is 17.5. The highest BCUT2D eigenvalue weighted by molar-refractivity contribution is 8.23. The number of thioether (sulfide) groups is 2. The van der Waals surface area contributed by atoms with Crippen LogP contribution in [0.4, 0.5) is 5.69 Å². The second-order valence-electron chi connectivity index (χ2n) is 8.14. The van der Waals surface area contributed by atoms with E-state index >= 15 is 0 Å². The predicted octanol–water partition coefficient (Wildman–Crippen LogP) is 5.94. The summed E-state index contributed by atoms with van der Waals surface area (Å²) in [4.78, 5) is 18.1. The molecule has 0 amide bonds. The van der Waals surface area contributed by atoms with Crippen molar-refractivity contribution in [2.45, 2.75) is 32.1 Å². The van der Waals surface area contributed by atoms with Gasteiger partial charge < -0.3 is 14.7 Å². The third-order valence-corrected chi connectivity index (χ3v) is 8.57. The van der Waals surface area contributed by atoms with Crippen LogP contribution in [0.15, 0.2) is 41.4 Å². The third-order valence-electron chi connectivity index (χ3n) is 5.95. The summed E-state index contributed by atoms with van der Waals surface area (Å²) >= 11 is 9.12. The van der Waals surface area contributed by atoms with Gasteiger partial charge in [-0.1, -0.05) is 73.2 Å². The van der Waals surface area contributed by atoms with E-state index < -0.39 is 5.97 Å². The molecular weight excluding hydrogens is 448 g/mol. The summed E-state index contributed by atoms with van der Waals surface area (Å²) in [5, 5.41) is 11.8. The first-order valence-electron chi connectivity index (χ1n) is 10.4. The summed E-state index contributed by atoms with van der Waals surface area (Å²) < 4.78 is 6.25. The van der Waals surface area contributed by atoms with Gasteiger partial charge in [0, 0.05) is 17.7 Å². The Morgan fingerprint density at radius 3 is 2.84 bits per heavy atom. The van der Waals surface area contributed by atoms with Gasteiger partial charge in [-0.05, 0) is 48.1 Å². The second-order valence-corrected chi connectivity index (χ2v) is 10.5. The van der Waals surface area contributed by atoms with E-state index in [1.165, 1.54) is 32.1 Å². The first kappa shape index (κ1) is 22.4. The Hall–Kier alpha value is -1.77. The van der Waals surface area contributed by atoms with E-state index in [4.69, 9.17) is 27.1 Å². The fourth-order valence-corrected chi connectivity index (χ4v) is 6.29. The van der Waals surface area contributed by atoms with Gasteiger partial charge in [0.05, 0.1) is 5.69 Å². The van der Waals surface area contributed by atoms with Crippen molar-refractivity contribution in [3.05, 3.63) is 36.4 Å². The van der Waals surface area contributed by atoms with E-state index in [-0.39, 0.29) is 6.61 Å². The van der Waals surface area contributed by atoms with Crippen molar-refractivity contribution in [2.75, 3.05) is 25.2 Å². The Morgan fingerprint density at radius 2 is 2.10 bits per heavy atom. The maximum absolute atomic E-state index is 10.9. The van der Waals surface area contributed by atoms with Crippen LogP contribution in [0.25, 0.3) is 10.8 Å². The number of carboxylic acids is 1. The average Bonchev–Trinajstić information content (AvgIpc) is 2.79. The van der Waals surface area contributed by atoms with E-state index in [9.17, 15) is 4.79 Å². The molecule has 2 fully saturated rings. The molecule has 1 spiro atoms. The Labute approximate surface area is 196 Å². The summed E-state index contributed by atoms with van der Waals surface area (Å²) in [5.74, 6) is 0.610. The summed E-state index contributed by atoms with van der Waals surface area (Å²) in [5.41, 5.74) is 1.17. The topological polar surface area (TPSA) is 62.1 Å². The summed E-state index contributed by atoms with van der Waals surface area (Å²) in [6, 6.07) is 11.6. The van der Waals surface area contributed by atoms with E-state index in [1.807, 2.05) is 48.3 Å². The molecule has 31 heavy (non-hydrogen) atoms. The minimum absolute atomic E-state index is 0.332. The molecule has 1 heterocycles. The number of fused-ring (bicyclic) bond motifs is 1. The monoisotopic (exact) mass is 474 g/mol. The van der Waals surface area contributed by atoms with Gasteiger partial charge in [-0.15, -0.1) is 0 Å². The normalized spacial score (nSPS) is 19.6. The minimum Gasteiger partial charge on any atom is -0.482 e. The SMILES string of the molecule is CSC(=S)N1CC2(CCCCC2)CS/C1=N\c1cccc2ccc(OCC(=O)O)cc12. The molecule has 1 saturated carbocycles. The average molecular weight is 475 g/mol. The van der Waals surface area contributed by atoms with E-state index in [0.717, 1.165) is 38.2 Å². The van der Waals surface area contributed by atoms with Gasteiger partial charge in [0.2, 0.25) is 0 Å². The Balaban J connectivity index is 1.67. The number of carboxylic acid groups (broad SMARTS) is 1. The van der Waals surface area contributed by atoms with Gasteiger partial charge in [-0.2, -0.15) is 0 Å². The van der Waals surface area contributed by atoms with Gasteiger partial charge in [0.15, 0.2) is 11.8 Å². The van der Waals surface area contributed by atoms with Crippen molar-refractivity contribution in [2.24, 2.45) is 10.4 Å². The molecule has 0 unspecified atom stereocenters. The number of hydrogen-bond acceptors (Lipinski definition) is 6. The van der Waals surface area contributed by atoms with E-state index in [1.54, 1.807) is 17.8 Å². The first-order chi connectivity index (χ1) is 15.0. The molecular formula is C23H26N2O3S3. The van der Waals surface area contributed by atoms with E-state index in [0.29, 0.717) is 11.2 Å². The highest BCUT2D eigenvalue weighted by atomic mass is 32.2. The molecule has 1 N–H and O–H groups in total. The van der Waals surface area contributed by atoms with Crippen LogP contribution in [0.5, 0.6) is 5.75 Å². The molecule has 2 aromatic carbocycles. The number of aliphatic carboxylic acids is 1. The summed E-state index contributed by atoms with van der Waals surface area (Å²) in [7, 11) is 0. The molecule has 0 bridgehead atoms. The molecule has 4 rings (SSSR count). The van der Waals surface area contributed by atoms with Crippen LogP contribution in [0, 0.1) is 5.41 Å². The third kappa shape index (κ3) is 5.18. The molecule has 2 aliphatic rings. The molecule has 8 heteroatoms. The predicted molar refractivity (Wildman–Crippen MR) is 135 cm³/mol. The lowest BCUT2D eigenvalue weighted by Crippen LogP contribution is -2.48. The number of hydrogen-bond donors (Lipinski definition) is 1. The van der Waals surface area contributed by atoms with Crippen LogP contribution in [-0.2, 0) is 4.79 Å². The summed E-state index contributed by atoms with van der Waals surface area (Å²) in [6.07, 6.45) is 8.49. The highest BCUT2D eigenvalue weighted by Gasteiger charge is 2.40. The molecule has 164 valence electrons. The van der Waals surface area contributed by atoms with Crippen molar-refractivity contribution in [1.29, 1.82) is 0 Å². The van der Waals surface area contributed by atoms with Gasteiger partial charge in [0.1, 0.15) is 10.1 Å². The molecule has 5 nitrogen and oxygen atoms in total. The van der Waals surface area contributed by atoms with Crippen molar-refractivity contribution >= 4 is 67.7 Å². The molecule has 0 aromatic heterocycles. The zero-order chi connectivity index (χ0) is 21.8. The lowest BCUT2D eigenvalue weighted by atomic mass is 9.75. The molecule has 1 saturated heterocycles. The molecule has 2 aromatic rings. The summed E-state index contributed by atoms with van der Waals surface area (Å²) in [6.45, 7) is 0.576. The first-order valence-corrected chi connectivity index (χ1v) is 13.1. The van der Waals surface area contributed by atoms with E-state index in [2.05, 4.69) is 4.90 Å². The number of thiocarbonyl (C=S) groups is 1. The molecule has 1 aliphatic carbocycles. The van der Waals surface area contributed by atoms with Gasteiger partial charge in [-0.25, -0.2) is 9.79 Å². The molecule has 1 aliphatic heterocycles. The van der Waals surface area contributed by atoms with Gasteiger partial charge >= 0.3 is 5.97 Å². The van der Waals surface area contributed by atoms with Crippen LogP contribution in [0.2, 0.25) is 0 Å². The highest BCUT2D eigenvalue weighted by Crippen LogP contribution is 2.44. The fourth-order valence-electron chi connectivity index (χ4n) is 4.36. The van der Waals surface area contributed by atoms with Crippen molar-refractivity contribution < 1.29 is 14.6 Å². The standard InChI is InChI=1S/C23H26N2O3S3/c1-30-22(29)25-14-23(10-3-2-4-11-23)15-31-21(25)24-19-7-5-6-16-8-9-17(12-18(16)19)28-13-20(26)27/h5-9,12H,2-4,10-11,13-15H2,1H3,(H,26,27)/b24-21-. The Bertz CT molecular complexity index is 1020. The minimum atomic E-state index is -0.995. The van der Waals surface area contributed by atoms with Crippen molar-refractivity contribution in [3.8, 4) is 5.75 Å². The largest absolute Gasteiger partial charge is 0.482 e. The second kappa shape index (κ2) is 9.79. The Morgan fingerprint density at radius 1 is 1.29 bits per heavy atom. The van der Waals surface area contributed by atoms with Crippen molar-refractivity contribution in [3.63, 3.8) is 0 Å². The van der Waals surface area contributed by atoms with Crippen LogP contribution in [0.1, 0.15) is 32.1 Å². The van der Waals surface area contributed by atoms with Gasteiger partial charge in [0.25, 0.3) is 0 Å². The van der Waals surface area contributed by atoms with Crippen LogP contribution in [-0.4, -0.2) is 50.6 Å². The molecule has 0 radical (unpaired) electrons. The Kier molecular flexibility index (Phi) is 7.08. The van der Waals surface area contributed by atoms with Crippen molar-refractivity contribution in [1.82, 2.24) is 4.90 Å². The number of ether oxygens (including phenoxy) is 1. The fraction of sp³-hybridized carbons (Fsp3) is 0.435. The maximum Gasteiger partial charge on any atom is 0.341 e. The number of carbonyl (C=O) groups is 1. The number of benzene rings is 2. The molecule has 0 atom stereocenters. The lowest BCUT2D eigenvalue weighted by Gasteiger charge is -2.45. The lowest BCUT2D eigenvalue weighted by molar-refractivity contribution is -0.139. The van der Waals surface area contributed by atoms with Crippen LogP contribution < -0.4 is 4.74 Å². The van der Waals surface area contributed by atoms with Crippen LogP contribution >= 0.6 is 35.7 Å².